The minimum atomic E-state index is -0.501. The van der Waals surface area contributed by atoms with E-state index in [1.54, 1.807) is 24.3 Å². The monoisotopic (exact) mass is 386 g/mol. The standard InChI is InChI=1S/C21H26N2O5/c1-27-19(25)16-2-4-17(5-3-16)28-12-18(24)22-20(26)23-21-9-13-6-14(10-21)8-15(7-13)11-21/h2-5,13-15H,6-12H2,1H3,(H2,22,23,24,26). The highest BCUT2D eigenvalue weighted by molar-refractivity contribution is 5.95. The summed E-state index contributed by atoms with van der Waals surface area (Å²) >= 11 is 0. The Morgan fingerprint density at radius 1 is 1.00 bits per heavy atom. The van der Waals surface area contributed by atoms with Crippen LogP contribution in [0.5, 0.6) is 5.75 Å². The first-order valence-corrected chi connectivity index (χ1v) is 9.88. The highest BCUT2D eigenvalue weighted by Crippen LogP contribution is 2.55. The summed E-state index contributed by atoms with van der Waals surface area (Å²) in [6, 6.07) is 5.83. The first-order valence-electron chi connectivity index (χ1n) is 9.88. The first kappa shape index (κ1) is 18.8. The summed E-state index contributed by atoms with van der Waals surface area (Å²) in [7, 11) is 1.31. The van der Waals surface area contributed by atoms with E-state index in [-0.39, 0.29) is 12.1 Å². The molecule has 0 radical (unpaired) electrons. The zero-order valence-electron chi connectivity index (χ0n) is 16.0. The van der Waals surface area contributed by atoms with Crippen LogP contribution in [0.15, 0.2) is 24.3 Å². The number of carbonyl (C=O) groups is 3. The van der Waals surface area contributed by atoms with Gasteiger partial charge in [-0.25, -0.2) is 9.59 Å². The van der Waals surface area contributed by atoms with Gasteiger partial charge in [-0.1, -0.05) is 0 Å². The van der Waals surface area contributed by atoms with Gasteiger partial charge in [0, 0.05) is 5.54 Å². The van der Waals surface area contributed by atoms with Crippen molar-refractivity contribution >= 4 is 17.9 Å². The number of esters is 1. The van der Waals surface area contributed by atoms with E-state index in [0.717, 1.165) is 37.0 Å². The average molecular weight is 386 g/mol. The van der Waals surface area contributed by atoms with E-state index in [4.69, 9.17) is 4.74 Å². The Kier molecular flexibility index (Phi) is 5.00. The van der Waals surface area contributed by atoms with Gasteiger partial charge in [0.1, 0.15) is 5.75 Å². The van der Waals surface area contributed by atoms with Crippen LogP contribution in [-0.2, 0) is 9.53 Å². The maximum Gasteiger partial charge on any atom is 0.337 e. The van der Waals surface area contributed by atoms with Crippen LogP contribution in [-0.4, -0.2) is 37.2 Å². The number of amides is 3. The van der Waals surface area contributed by atoms with Crippen molar-refractivity contribution in [2.24, 2.45) is 17.8 Å². The second-order valence-electron chi connectivity index (χ2n) is 8.50. The van der Waals surface area contributed by atoms with Crippen molar-refractivity contribution < 1.29 is 23.9 Å². The first-order chi connectivity index (χ1) is 13.4. The Bertz CT molecular complexity index is 738. The molecule has 7 nitrogen and oxygen atoms in total. The van der Waals surface area contributed by atoms with Gasteiger partial charge in [-0.2, -0.15) is 0 Å². The van der Waals surface area contributed by atoms with Gasteiger partial charge >= 0.3 is 12.0 Å². The van der Waals surface area contributed by atoms with Gasteiger partial charge in [-0.05, 0) is 80.5 Å². The summed E-state index contributed by atoms with van der Waals surface area (Å²) in [5, 5.41) is 5.48. The van der Waals surface area contributed by atoms with E-state index in [9.17, 15) is 14.4 Å². The molecule has 4 aliphatic carbocycles. The molecule has 5 rings (SSSR count). The SMILES string of the molecule is COC(=O)c1ccc(OCC(=O)NC(=O)NC23CC4CC(CC(C4)C2)C3)cc1. The largest absolute Gasteiger partial charge is 0.484 e. The summed E-state index contributed by atoms with van der Waals surface area (Å²) in [5.41, 5.74) is 0.262. The van der Waals surface area contributed by atoms with Crippen molar-refractivity contribution in [2.45, 2.75) is 44.1 Å². The van der Waals surface area contributed by atoms with Crippen LogP contribution < -0.4 is 15.4 Å². The normalized spacial score (nSPS) is 29.8. The minimum Gasteiger partial charge on any atom is -0.484 e. The summed E-state index contributed by atoms with van der Waals surface area (Å²) in [5.74, 6) is 1.66. The summed E-state index contributed by atoms with van der Waals surface area (Å²) < 4.78 is 10.0. The van der Waals surface area contributed by atoms with E-state index in [0.29, 0.717) is 11.3 Å². The predicted molar refractivity (Wildman–Crippen MR) is 101 cm³/mol. The molecule has 0 saturated heterocycles. The molecule has 4 fully saturated rings. The van der Waals surface area contributed by atoms with Crippen molar-refractivity contribution in [1.82, 2.24) is 10.6 Å². The zero-order chi connectivity index (χ0) is 19.7. The highest BCUT2D eigenvalue weighted by atomic mass is 16.5. The number of carbonyl (C=O) groups excluding carboxylic acids is 3. The molecule has 2 N–H and O–H groups in total. The van der Waals surface area contributed by atoms with Crippen LogP contribution in [0.2, 0.25) is 0 Å². The predicted octanol–water partition coefficient (Wildman–Crippen LogP) is 2.65. The molecular formula is C21H26N2O5. The lowest BCUT2D eigenvalue weighted by Gasteiger charge is -2.56. The number of rotatable bonds is 5. The maximum atomic E-state index is 12.4. The Morgan fingerprint density at radius 2 is 1.57 bits per heavy atom. The molecular weight excluding hydrogens is 360 g/mol. The molecule has 28 heavy (non-hydrogen) atoms. The van der Waals surface area contributed by atoms with Gasteiger partial charge < -0.3 is 14.8 Å². The molecule has 4 aliphatic rings. The Labute approximate surface area is 164 Å². The van der Waals surface area contributed by atoms with Crippen LogP contribution in [0.1, 0.15) is 48.9 Å². The van der Waals surface area contributed by atoms with E-state index >= 15 is 0 Å². The van der Waals surface area contributed by atoms with Crippen LogP contribution in [0.4, 0.5) is 4.79 Å². The Balaban J connectivity index is 1.25. The number of imide groups is 1. The smallest absolute Gasteiger partial charge is 0.337 e. The molecule has 3 amide bonds. The van der Waals surface area contributed by atoms with Gasteiger partial charge in [0.15, 0.2) is 6.61 Å². The summed E-state index contributed by atoms with van der Waals surface area (Å²) in [6.45, 7) is -0.272. The minimum absolute atomic E-state index is 0.135. The number of methoxy groups -OCH3 is 1. The third-order valence-corrected chi connectivity index (χ3v) is 6.32. The van der Waals surface area contributed by atoms with Crippen molar-refractivity contribution in [1.29, 1.82) is 0 Å². The molecule has 150 valence electrons. The van der Waals surface area contributed by atoms with Gasteiger partial charge in [0.25, 0.3) is 5.91 Å². The lowest BCUT2D eigenvalue weighted by molar-refractivity contribution is -0.122. The maximum absolute atomic E-state index is 12.4. The van der Waals surface area contributed by atoms with Crippen molar-refractivity contribution in [3.05, 3.63) is 29.8 Å². The number of nitrogens with one attached hydrogen (secondary N) is 2. The fourth-order valence-corrected chi connectivity index (χ4v) is 5.65. The highest BCUT2D eigenvalue weighted by Gasteiger charge is 2.51. The molecule has 0 atom stereocenters. The zero-order valence-corrected chi connectivity index (χ0v) is 16.0. The van der Waals surface area contributed by atoms with Crippen LogP contribution >= 0.6 is 0 Å². The second kappa shape index (κ2) is 7.45. The molecule has 0 aromatic heterocycles. The third-order valence-electron chi connectivity index (χ3n) is 6.32. The summed E-state index contributed by atoms with van der Waals surface area (Å²) in [4.78, 5) is 35.8. The number of ether oxygens (including phenoxy) is 2. The number of benzene rings is 1. The van der Waals surface area contributed by atoms with E-state index in [1.165, 1.54) is 26.4 Å². The van der Waals surface area contributed by atoms with Gasteiger partial charge in [-0.3, -0.25) is 10.1 Å². The van der Waals surface area contributed by atoms with E-state index in [1.807, 2.05) is 0 Å². The number of hydrogen-bond donors (Lipinski definition) is 2. The molecule has 0 unspecified atom stereocenters. The van der Waals surface area contributed by atoms with Crippen LogP contribution in [0, 0.1) is 17.8 Å². The number of urea groups is 1. The van der Waals surface area contributed by atoms with Crippen LogP contribution in [0.25, 0.3) is 0 Å². The van der Waals surface area contributed by atoms with Crippen LogP contribution in [0.3, 0.4) is 0 Å². The topological polar surface area (TPSA) is 93.7 Å². The molecule has 0 aliphatic heterocycles. The molecule has 4 saturated carbocycles. The molecule has 0 heterocycles. The number of hydrogen-bond acceptors (Lipinski definition) is 5. The van der Waals surface area contributed by atoms with Gasteiger partial charge in [-0.15, -0.1) is 0 Å². The third kappa shape index (κ3) is 3.98. The van der Waals surface area contributed by atoms with E-state index in [2.05, 4.69) is 15.4 Å². The van der Waals surface area contributed by atoms with Crippen molar-refractivity contribution in [3.8, 4) is 5.75 Å². The molecule has 1 aromatic rings. The quantitative estimate of drug-likeness (QED) is 0.759. The van der Waals surface area contributed by atoms with Gasteiger partial charge in [0.2, 0.25) is 0 Å². The second-order valence-corrected chi connectivity index (χ2v) is 8.50. The average Bonchev–Trinajstić information content (AvgIpc) is 2.64. The van der Waals surface area contributed by atoms with E-state index < -0.39 is 17.9 Å². The molecule has 0 spiro atoms. The van der Waals surface area contributed by atoms with Gasteiger partial charge in [0.05, 0.1) is 12.7 Å². The lowest BCUT2D eigenvalue weighted by atomic mass is 9.53. The fourth-order valence-electron chi connectivity index (χ4n) is 5.65. The van der Waals surface area contributed by atoms with Crippen molar-refractivity contribution in [3.63, 3.8) is 0 Å². The Hall–Kier alpha value is -2.57. The molecule has 7 heteroatoms. The fraction of sp³-hybridized carbons (Fsp3) is 0.571. The molecule has 1 aromatic carbocycles. The summed E-state index contributed by atoms with van der Waals surface area (Å²) in [6.07, 6.45) is 6.98. The molecule has 4 bridgehead atoms. The lowest BCUT2D eigenvalue weighted by Crippen LogP contribution is -2.62. The Morgan fingerprint density at radius 3 is 2.11 bits per heavy atom. The van der Waals surface area contributed by atoms with Crippen molar-refractivity contribution in [2.75, 3.05) is 13.7 Å².